The highest BCUT2D eigenvalue weighted by Crippen LogP contribution is 2.36. The fourth-order valence-corrected chi connectivity index (χ4v) is 3.91. The van der Waals surface area contributed by atoms with Gasteiger partial charge >= 0.3 is 5.97 Å². The van der Waals surface area contributed by atoms with Crippen molar-refractivity contribution in [3.05, 3.63) is 83.0 Å². The molecular formula is C25H22N2O6. The van der Waals surface area contributed by atoms with Gasteiger partial charge in [-0.1, -0.05) is 48.5 Å². The lowest BCUT2D eigenvalue weighted by Gasteiger charge is -2.13. The summed E-state index contributed by atoms with van der Waals surface area (Å²) < 4.78 is 17.6. The molecule has 4 aromatic rings. The van der Waals surface area contributed by atoms with Gasteiger partial charge < -0.3 is 23.9 Å². The summed E-state index contributed by atoms with van der Waals surface area (Å²) in [7, 11) is 4.21. The summed E-state index contributed by atoms with van der Waals surface area (Å²) in [5.41, 5.74) is 1.47. The van der Waals surface area contributed by atoms with Gasteiger partial charge in [-0.05, 0) is 11.6 Å². The molecule has 2 aromatic carbocycles. The number of rotatable bonds is 8. The van der Waals surface area contributed by atoms with Gasteiger partial charge in [-0.15, -0.1) is 0 Å². The molecule has 33 heavy (non-hydrogen) atoms. The van der Waals surface area contributed by atoms with Crippen LogP contribution in [-0.4, -0.2) is 47.7 Å². The van der Waals surface area contributed by atoms with Crippen LogP contribution in [0.25, 0.3) is 10.9 Å². The molecule has 2 aromatic heterocycles. The second-order valence-electron chi connectivity index (χ2n) is 7.20. The van der Waals surface area contributed by atoms with E-state index in [0.29, 0.717) is 10.9 Å². The van der Waals surface area contributed by atoms with Gasteiger partial charge in [0.25, 0.3) is 0 Å². The van der Waals surface area contributed by atoms with Gasteiger partial charge in [0.2, 0.25) is 17.5 Å². The number of ether oxygens (including phenoxy) is 3. The number of aromatic nitrogens is 2. The molecule has 0 unspecified atom stereocenters. The number of fused-ring (bicyclic) bond motifs is 1. The van der Waals surface area contributed by atoms with E-state index in [9.17, 15) is 14.7 Å². The van der Waals surface area contributed by atoms with Crippen molar-refractivity contribution >= 4 is 22.7 Å². The zero-order valence-corrected chi connectivity index (χ0v) is 18.4. The quantitative estimate of drug-likeness (QED) is 0.408. The van der Waals surface area contributed by atoms with Crippen molar-refractivity contribution in [1.29, 1.82) is 0 Å². The number of methoxy groups -OCH3 is 3. The number of pyridine rings is 1. The Morgan fingerprint density at radius 2 is 1.61 bits per heavy atom. The predicted octanol–water partition coefficient (Wildman–Crippen LogP) is 4.04. The van der Waals surface area contributed by atoms with Gasteiger partial charge in [-0.2, -0.15) is 4.98 Å². The number of ketones is 1. The van der Waals surface area contributed by atoms with Crippen LogP contribution in [0.3, 0.4) is 0 Å². The summed E-state index contributed by atoms with van der Waals surface area (Å²) in [6.45, 7) is 0.283. The molecule has 4 rings (SSSR count). The SMILES string of the molecule is COc1cc(OC)c(C(=O)c2c(C(=O)O)n(Cc3ccccc3)c3ccccc23)c(OC)n1. The van der Waals surface area contributed by atoms with Crippen molar-refractivity contribution in [3.63, 3.8) is 0 Å². The van der Waals surface area contributed by atoms with Crippen LogP contribution in [0.15, 0.2) is 60.7 Å². The number of carboxylic acid groups (broad SMARTS) is 1. The molecule has 0 atom stereocenters. The third kappa shape index (κ3) is 3.87. The molecule has 0 aliphatic rings. The molecule has 8 nitrogen and oxygen atoms in total. The lowest BCUT2D eigenvalue weighted by Crippen LogP contribution is -2.16. The van der Waals surface area contributed by atoms with E-state index >= 15 is 0 Å². The maximum absolute atomic E-state index is 13.9. The number of aromatic carboxylic acids is 1. The zero-order chi connectivity index (χ0) is 23.5. The molecule has 2 heterocycles. The number of para-hydroxylation sites is 1. The molecule has 0 radical (unpaired) electrons. The first kappa shape index (κ1) is 21.9. The highest BCUT2D eigenvalue weighted by Gasteiger charge is 2.32. The standard InChI is InChI=1S/C25H22N2O6/c1-31-18-13-19(32-2)26-24(33-3)21(18)23(28)20-16-11-7-8-12-17(16)27(22(20)25(29)30)14-15-9-5-4-6-10-15/h4-13H,14H2,1-3H3,(H,29,30). The lowest BCUT2D eigenvalue weighted by molar-refractivity contribution is 0.0682. The Hall–Kier alpha value is -4.33. The van der Waals surface area contributed by atoms with E-state index < -0.39 is 11.8 Å². The predicted molar refractivity (Wildman–Crippen MR) is 122 cm³/mol. The van der Waals surface area contributed by atoms with Crippen molar-refractivity contribution in [2.24, 2.45) is 0 Å². The topological polar surface area (TPSA) is 99.9 Å². The maximum Gasteiger partial charge on any atom is 0.353 e. The Morgan fingerprint density at radius 1 is 0.909 bits per heavy atom. The van der Waals surface area contributed by atoms with Crippen LogP contribution in [-0.2, 0) is 6.54 Å². The molecule has 0 amide bonds. The number of hydrogen-bond acceptors (Lipinski definition) is 6. The average Bonchev–Trinajstić information content (AvgIpc) is 3.17. The molecule has 0 bridgehead atoms. The number of nitrogens with zero attached hydrogens (tertiary/aromatic N) is 2. The highest BCUT2D eigenvalue weighted by atomic mass is 16.5. The van der Waals surface area contributed by atoms with E-state index in [1.54, 1.807) is 28.8 Å². The molecule has 168 valence electrons. The fourth-order valence-electron chi connectivity index (χ4n) is 3.91. The number of benzene rings is 2. The Bertz CT molecular complexity index is 1320. The first-order valence-corrected chi connectivity index (χ1v) is 10.1. The second kappa shape index (κ2) is 9.04. The average molecular weight is 446 g/mol. The van der Waals surface area contributed by atoms with Crippen LogP contribution >= 0.6 is 0 Å². The van der Waals surface area contributed by atoms with Crippen LogP contribution in [0, 0.1) is 0 Å². The molecule has 1 N–H and O–H groups in total. The normalized spacial score (nSPS) is 10.8. The third-order valence-electron chi connectivity index (χ3n) is 5.36. The van der Waals surface area contributed by atoms with Crippen molar-refractivity contribution in [2.75, 3.05) is 21.3 Å². The maximum atomic E-state index is 13.9. The second-order valence-corrected chi connectivity index (χ2v) is 7.20. The van der Waals surface area contributed by atoms with Gasteiger partial charge in [0.15, 0.2) is 0 Å². The lowest BCUT2D eigenvalue weighted by atomic mass is 10.00. The van der Waals surface area contributed by atoms with E-state index in [1.807, 2.05) is 30.3 Å². The molecule has 8 heteroatoms. The van der Waals surface area contributed by atoms with Crippen molar-refractivity contribution in [3.8, 4) is 17.5 Å². The Kier molecular flexibility index (Phi) is 5.99. The van der Waals surface area contributed by atoms with Crippen molar-refractivity contribution < 1.29 is 28.9 Å². The van der Waals surface area contributed by atoms with Crippen LogP contribution in [0.4, 0.5) is 0 Å². The Labute approximate surface area is 190 Å². The minimum Gasteiger partial charge on any atom is -0.496 e. The molecule has 0 saturated heterocycles. The minimum atomic E-state index is -1.22. The van der Waals surface area contributed by atoms with Crippen LogP contribution in [0.2, 0.25) is 0 Å². The molecule has 0 fully saturated rings. The number of carbonyl (C=O) groups is 2. The molecular weight excluding hydrogens is 424 g/mol. The number of hydrogen-bond donors (Lipinski definition) is 1. The fraction of sp³-hybridized carbons (Fsp3) is 0.160. The number of carboxylic acids is 1. The summed E-state index contributed by atoms with van der Waals surface area (Å²) in [5.74, 6) is -1.44. The monoisotopic (exact) mass is 446 g/mol. The van der Waals surface area contributed by atoms with Crippen molar-refractivity contribution in [2.45, 2.75) is 6.54 Å². The third-order valence-corrected chi connectivity index (χ3v) is 5.36. The van der Waals surface area contributed by atoms with Crippen molar-refractivity contribution in [1.82, 2.24) is 9.55 Å². The largest absolute Gasteiger partial charge is 0.496 e. The summed E-state index contributed by atoms with van der Waals surface area (Å²) in [6, 6.07) is 18.0. The summed E-state index contributed by atoms with van der Waals surface area (Å²) in [4.78, 5) is 30.6. The van der Waals surface area contributed by atoms with Crippen LogP contribution in [0.1, 0.15) is 32.0 Å². The van der Waals surface area contributed by atoms with E-state index in [0.717, 1.165) is 5.56 Å². The summed E-state index contributed by atoms with van der Waals surface area (Å²) in [5, 5.41) is 10.7. The van der Waals surface area contributed by atoms with Gasteiger partial charge in [0, 0.05) is 23.5 Å². The first-order chi connectivity index (χ1) is 16.0. The molecule has 0 aliphatic heterocycles. The smallest absolute Gasteiger partial charge is 0.353 e. The molecule has 0 saturated carbocycles. The first-order valence-electron chi connectivity index (χ1n) is 10.1. The van der Waals surface area contributed by atoms with E-state index in [1.165, 1.54) is 27.4 Å². The van der Waals surface area contributed by atoms with Crippen LogP contribution < -0.4 is 14.2 Å². The van der Waals surface area contributed by atoms with Gasteiger partial charge in [0.05, 0.1) is 26.9 Å². The van der Waals surface area contributed by atoms with Gasteiger partial charge in [0.1, 0.15) is 17.0 Å². The highest BCUT2D eigenvalue weighted by molar-refractivity contribution is 6.23. The van der Waals surface area contributed by atoms with Gasteiger partial charge in [-0.25, -0.2) is 4.79 Å². The van der Waals surface area contributed by atoms with E-state index in [2.05, 4.69) is 4.98 Å². The minimum absolute atomic E-state index is 0.0194. The zero-order valence-electron chi connectivity index (χ0n) is 18.4. The summed E-state index contributed by atoms with van der Waals surface area (Å²) >= 11 is 0. The Balaban J connectivity index is 2.00. The molecule has 0 spiro atoms. The summed E-state index contributed by atoms with van der Waals surface area (Å²) in [6.07, 6.45) is 0. The van der Waals surface area contributed by atoms with E-state index in [-0.39, 0.29) is 40.9 Å². The van der Waals surface area contributed by atoms with E-state index in [4.69, 9.17) is 14.2 Å². The molecule has 0 aliphatic carbocycles. The van der Waals surface area contributed by atoms with Gasteiger partial charge in [-0.3, -0.25) is 4.79 Å². The Morgan fingerprint density at radius 3 is 2.24 bits per heavy atom. The number of carbonyl (C=O) groups excluding carboxylic acids is 1. The van der Waals surface area contributed by atoms with Crippen LogP contribution in [0.5, 0.6) is 17.5 Å².